The Balaban J connectivity index is 2.10. The number of aliphatic hydroxyl groups is 1. The fourth-order valence-corrected chi connectivity index (χ4v) is 1.99. The zero-order valence-electron chi connectivity index (χ0n) is 9.29. The van der Waals surface area contributed by atoms with Gasteiger partial charge in [0.25, 0.3) is 0 Å². The number of hydrogen-bond acceptors (Lipinski definition) is 4. The molecule has 0 aliphatic heterocycles. The Morgan fingerprint density at radius 2 is 2.00 bits per heavy atom. The van der Waals surface area contributed by atoms with E-state index in [0.717, 1.165) is 5.56 Å². The summed E-state index contributed by atoms with van der Waals surface area (Å²) in [7, 11) is 0. The second-order valence-corrected chi connectivity index (χ2v) is 4.25. The number of nitrogens with one attached hydrogen (secondary N) is 2. The summed E-state index contributed by atoms with van der Waals surface area (Å²) in [5.41, 5.74) is 2.01. The average molecular weight is 258 g/mol. The van der Waals surface area contributed by atoms with Crippen LogP contribution in [0.4, 0.5) is 0 Å². The summed E-state index contributed by atoms with van der Waals surface area (Å²) in [4.78, 5) is 14.1. The molecular weight excluding hydrogens is 248 g/mol. The first-order chi connectivity index (χ1) is 8.75. The van der Waals surface area contributed by atoms with Gasteiger partial charge >= 0.3 is 0 Å². The Bertz CT molecular complexity index is 734. The van der Waals surface area contributed by atoms with Crippen molar-refractivity contribution < 1.29 is 5.11 Å². The van der Waals surface area contributed by atoms with Crippen LogP contribution in [-0.2, 0) is 0 Å². The van der Waals surface area contributed by atoms with Crippen LogP contribution in [-0.4, -0.2) is 25.0 Å². The molecule has 2 heterocycles. The fourth-order valence-electron chi connectivity index (χ4n) is 1.79. The third kappa shape index (κ3) is 1.81. The summed E-state index contributed by atoms with van der Waals surface area (Å²) in [6.07, 6.45) is 0.686. The van der Waals surface area contributed by atoms with Crippen molar-refractivity contribution in [3.63, 3.8) is 0 Å². The minimum absolute atomic E-state index is 0.433. The molecule has 0 aliphatic carbocycles. The van der Waals surface area contributed by atoms with Crippen molar-refractivity contribution in [1.82, 2.24) is 19.9 Å². The number of fused-ring (bicyclic) bond motifs is 1. The Hall–Kier alpha value is -2.05. The van der Waals surface area contributed by atoms with Crippen molar-refractivity contribution in [3.05, 3.63) is 52.7 Å². The monoisotopic (exact) mass is 258 g/mol. The van der Waals surface area contributed by atoms with Crippen LogP contribution in [0.2, 0.25) is 0 Å². The Labute approximate surface area is 108 Å². The number of imidazole rings is 1. The molecular formula is C12H10N4OS. The van der Waals surface area contributed by atoms with E-state index in [1.54, 1.807) is 0 Å². The summed E-state index contributed by atoms with van der Waals surface area (Å²) >= 11 is 5.09. The Kier molecular flexibility index (Phi) is 2.66. The third-order valence-electron chi connectivity index (χ3n) is 2.69. The largest absolute Gasteiger partial charge is 0.380 e. The molecule has 0 amide bonds. The Morgan fingerprint density at radius 3 is 2.72 bits per heavy atom. The predicted molar refractivity (Wildman–Crippen MR) is 69.6 cm³/mol. The SMILES string of the molecule is OC(c1ccccc1)c1nc2[nH]cnc(=S)c2[nH]1. The fraction of sp³-hybridized carbons (Fsp3) is 0.0833. The highest BCUT2D eigenvalue weighted by Crippen LogP contribution is 2.21. The maximum Gasteiger partial charge on any atom is 0.160 e. The molecule has 1 atom stereocenters. The molecule has 0 radical (unpaired) electrons. The lowest BCUT2D eigenvalue weighted by Gasteiger charge is -2.06. The molecule has 0 bridgehead atoms. The second kappa shape index (κ2) is 4.32. The van der Waals surface area contributed by atoms with E-state index in [1.165, 1.54) is 6.33 Å². The highest BCUT2D eigenvalue weighted by atomic mass is 32.1. The minimum atomic E-state index is -0.804. The van der Waals surface area contributed by atoms with Crippen LogP contribution >= 0.6 is 12.2 Å². The summed E-state index contributed by atoms with van der Waals surface area (Å²) < 4.78 is 0.433. The summed E-state index contributed by atoms with van der Waals surface area (Å²) in [6.45, 7) is 0. The van der Waals surface area contributed by atoms with Gasteiger partial charge < -0.3 is 15.1 Å². The third-order valence-corrected chi connectivity index (χ3v) is 3.00. The van der Waals surface area contributed by atoms with Crippen LogP contribution in [0.25, 0.3) is 11.2 Å². The highest BCUT2D eigenvalue weighted by molar-refractivity contribution is 7.71. The van der Waals surface area contributed by atoms with Gasteiger partial charge in [-0.25, -0.2) is 9.97 Å². The number of aliphatic hydroxyl groups excluding tert-OH is 1. The topological polar surface area (TPSA) is 77.6 Å². The van der Waals surface area contributed by atoms with E-state index >= 15 is 0 Å². The molecule has 0 spiro atoms. The minimum Gasteiger partial charge on any atom is -0.380 e. The van der Waals surface area contributed by atoms with Crippen LogP contribution in [0.3, 0.4) is 0 Å². The standard InChI is InChI=1S/C12H10N4OS/c17-9(7-4-2-1-3-5-7)11-15-8-10(16-11)13-6-14-12(8)18/h1-6,9,17H,(H2,13,14,15,16,18). The molecule has 1 unspecified atom stereocenters. The van der Waals surface area contributed by atoms with E-state index in [1.807, 2.05) is 30.3 Å². The first-order valence-corrected chi connectivity index (χ1v) is 5.83. The van der Waals surface area contributed by atoms with Crippen LogP contribution in [0.5, 0.6) is 0 Å². The quantitative estimate of drug-likeness (QED) is 0.615. The van der Waals surface area contributed by atoms with Gasteiger partial charge in [0.15, 0.2) is 10.3 Å². The molecule has 1 aromatic carbocycles. The van der Waals surface area contributed by atoms with Gasteiger partial charge in [-0.3, -0.25) is 0 Å². The molecule has 3 rings (SSSR count). The van der Waals surface area contributed by atoms with Gasteiger partial charge in [-0.1, -0.05) is 42.5 Å². The smallest absolute Gasteiger partial charge is 0.160 e. The normalized spacial score (nSPS) is 12.7. The first-order valence-electron chi connectivity index (χ1n) is 5.42. The lowest BCUT2D eigenvalue weighted by atomic mass is 10.1. The van der Waals surface area contributed by atoms with Gasteiger partial charge in [-0.2, -0.15) is 0 Å². The maximum atomic E-state index is 10.2. The molecule has 18 heavy (non-hydrogen) atoms. The van der Waals surface area contributed by atoms with E-state index < -0.39 is 6.10 Å². The van der Waals surface area contributed by atoms with Crippen LogP contribution < -0.4 is 0 Å². The van der Waals surface area contributed by atoms with E-state index in [9.17, 15) is 5.11 Å². The molecule has 0 fully saturated rings. The number of rotatable bonds is 2. The van der Waals surface area contributed by atoms with Crippen LogP contribution in [0.15, 0.2) is 36.7 Å². The molecule has 5 nitrogen and oxygen atoms in total. The van der Waals surface area contributed by atoms with E-state index in [0.29, 0.717) is 21.6 Å². The van der Waals surface area contributed by atoms with Crippen LogP contribution in [0.1, 0.15) is 17.5 Å². The number of H-pyrrole nitrogens is 2. The van der Waals surface area contributed by atoms with Crippen molar-refractivity contribution in [2.45, 2.75) is 6.10 Å². The van der Waals surface area contributed by atoms with Gasteiger partial charge in [-0.05, 0) is 5.56 Å². The van der Waals surface area contributed by atoms with Crippen molar-refractivity contribution in [1.29, 1.82) is 0 Å². The molecule has 0 aliphatic rings. The van der Waals surface area contributed by atoms with Gasteiger partial charge in [0.2, 0.25) is 0 Å². The van der Waals surface area contributed by atoms with Crippen molar-refractivity contribution >= 4 is 23.4 Å². The van der Waals surface area contributed by atoms with E-state index in [4.69, 9.17) is 12.2 Å². The molecule has 2 aromatic heterocycles. The molecule has 90 valence electrons. The first kappa shape index (κ1) is 11.1. The van der Waals surface area contributed by atoms with Gasteiger partial charge in [0.1, 0.15) is 17.4 Å². The summed E-state index contributed by atoms with van der Waals surface area (Å²) in [5.74, 6) is 0.451. The number of benzene rings is 1. The lowest BCUT2D eigenvalue weighted by molar-refractivity contribution is 0.211. The number of aromatic nitrogens is 4. The lowest BCUT2D eigenvalue weighted by Crippen LogP contribution is -2.01. The van der Waals surface area contributed by atoms with E-state index in [-0.39, 0.29) is 0 Å². The zero-order valence-corrected chi connectivity index (χ0v) is 10.1. The molecule has 0 saturated heterocycles. The average Bonchev–Trinajstić information content (AvgIpc) is 2.84. The van der Waals surface area contributed by atoms with Crippen molar-refractivity contribution in [3.8, 4) is 0 Å². The molecule has 0 saturated carbocycles. The van der Waals surface area contributed by atoms with Gasteiger partial charge in [-0.15, -0.1) is 0 Å². The molecule has 6 heteroatoms. The molecule has 3 N–H and O–H groups in total. The van der Waals surface area contributed by atoms with Gasteiger partial charge in [0.05, 0.1) is 6.33 Å². The predicted octanol–water partition coefficient (Wildman–Crippen LogP) is 2.10. The van der Waals surface area contributed by atoms with Gasteiger partial charge in [0, 0.05) is 0 Å². The highest BCUT2D eigenvalue weighted by Gasteiger charge is 2.15. The summed E-state index contributed by atoms with van der Waals surface area (Å²) in [6, 6.07) is 9.32. The van der Waals surface area contributed by atoms with Crippen molar-refractivity contribution in [2.24, 2.45) is 0 Å². The number of aromatic amines is 2. The van der Waals surface area contributed by atoms with E-state index in [2.05, 4.69) is 19.9 Å². The summed E-state index contributed by atoms with van der Waals surface area (Å²) in [5, 5.41) is 10.2. The number of nitrogens with zero attached hydrogens (tertiary/aromatic N) is 2. The second-order valence-electron chi connectivity index (χ2n) is 3.87. The van der Waals surface area contributed by atoms with Crippen molar-refractivity contribution in [2.75, 3.05) is 0 Å². The number of hydrogen-bond donors (Lipinski definition) is 3. The Morgan fingerprint density at radius 1 is 1.22 bits per heavy atom. The maximum absolute atomic E-state index is 10.2. The zero-order chi connectivity index (χ0) is 12.5. The van der Waals surface area contributed by atoms with Crippen LogP contribution in [0, 0.1) is 4.64 Å². The molecule has 3 aromatic rings.